The van der Waals surface area contributed by atoms with Crippen molar-refractivity contribution in [3.05, 3.63) is 16.9 Å². The molecule has 0 atom stereocenters. The predicted octanol–water partition coefficient (Wildman–Crippen LogP) is 1.85. The maximum absolute atomic E-state index is 12.4. The van der Waals surface area contributed by atoms with Crippen molar-refractivity contribution in [2.45, 2.75) is 11.3 Å². The van der Waals surface area contributed by atoms with Crippen LogP contribution >= 0.6 is 23.4 Å². The molecule has 1 amide bonds. The molecule has 1 heterocycles. The van der Waals surface area contributed by atoms with Gasteiger partial charge in [-0.2, -0.15) is 13.2 Å². The summed E-state index contributed by atoms with van der Waals surface area (Å²) in [4.78, 5) is 20.1. The first kappa shape index (κ1) is 17.0. The summed E-state index contributed by atoms with van der Waals surface area (Å²) in [7, 11) is 0. The van der Waals surface area contributed by atoms with Gasteiger partial charge in [0.2, 0.25) is 0 Å². The van der Waals surface area contributed by atoms with E-state index in [1.165, 1.54) is 0 Å². The highest BCUT2D eigenvalue weighted by Crippen LogP contribution is 2.21. The molecule has 5 nitrogen and oxygen atoms in total. The number of hydrogen-bond donors (Lipinski definition) is 1. The highest BCUT2D eigenvalue weighted by molar-refractivity contribution is 7.98. The lowest BCUT2D eigenvalue weighted by molar-refractivity contribution is -0.141. The smallest absolute Gasteiger partial charge is 0.395 e. The largest absolute Gasteiger partial charge is 0.406 e. The van der Waals surface area contributed by atoms with Crippen molar-refractivity contribution < 1.29 is 23.1 Å². The molecule has 20 heavy (non-hydrogen) atoms. The number of nitrogens with zero attached hydrogens (tertiary/aromatic N) is 3. The Bertz CT molecular complexity index is 487. The van der Waals surface area contributed by atoms with E-state index in [9.17, 15) is 18.0 Å². The van der Waals surface area contributed by atoms with Gasteiger partial charge in [-0.1, -0.05) is 23.4 Å². The van der Waals surface area contributed by atoms with Gasteiger partial charge in [-0.25, -0.2) is 9.97 Å². The van der Waals surface area contributed by atoms with Crippen LogP contribution in [0.2, 0.25) is 5.02 Å². The Morgan fingerprint density at radius 2 is 2.20 bits per heavy atom. The van der Waals surface area contributed by atoms with Gasteiger partial charge in [-0.15, -0.1) is 0 Å². The van der Waals surface area contributed by atoms with Crippen LogP contribution in [0.5, 0.6) is 0 Å². The zero-order valence-corrected chi connectivity index (χ0v) is 11.9. The maximum atomic E-state index is 12.4. The van der Waals surface area contributed by atoms with Crippen molar-refractivity contribution in [1.82, 2.24) is 14.9 Å². The second kappa shape index (κ2) is 7.09. The first-order chi connectivity index (χ1) is 9.28. The second-order valence-corrected chi connectivity index (χ2v) is 4.80. The Labute approximate surface area is 122 Å². The second-order valence-electron chi connectivity index (χ2n) is 3.62. The fourth-order valence-electron chi connectivity index (χ4n) is 1.34. The van der Waals surface area contributed by atoms with Gasteiger partial charge < -0.3 is 10.0 Å². The van der Waals surface area contributed by atoms with Gasteiger partial charge in [0.25, 0.3) is 5.91 Å². The molecule has 1 rings (SSSR count). The van der Waals surface area contributed by atoms with Crippen molar-refractivity contribution >= 4 is 29.3 Å². The molecule has 0 bridgehead atoms. The Kier molecular flexibility index (Phi) is 6.03. The summed E-state index contributed by atoms with van der Waals surface area (Å²) in [5.41, 5.74) is -0.316. The summed E-state index contributed by atoms with van der Waals surface area (Å²) in [6.45, 7) is -2.55. The van der Waals surface area contributed by atoms with Gasteiger partial charge in [0, 0.05) is 6.54 Å². The summed E-state index contributed by atoms with van der Waals surface area (Å²) >= 11 is 6.86. The fraction of sp³-hybridized carbons (Fsp3) is 0.500. The summed E-state index contributed by atoms with van der Waals surface area (Å²) < 4.78 is 37.2. The van der Waals surface area contributed by atoms with E-state index in [1.54, 1.807) is 6.26 Å². The number of aliphatic hydroxyl groups is 1. The highest BCUT2D eigenvalue weighted by atomic mass is 35.5. The average Bonchev–Trinajstić information content (AvgIpc) is 2.36. The van der Waals surface area contributed by atoms with Crippen LogP contribution in [-0.2, 0) is 0 Å². The molecule has 0 saturated carbocycles. The van der Waals surface area contributed by atoms with Gasteiger partial charge in [-0.3, -0.25) is 4.79 Å². The van der Waals surface area contributed by atoms with Crippen molar-refractivity contribution in [2.75, 3.05) is 26.0 Å². The molecule has 0 saturated heterocycles. The Balaban J connectivity index is 3.05. The monoisotopic (exact) mass is 329 g/mol. The molecule has 0 aliphatic rings. The first-order valence-corrected chi connectivity index (χ1v) is 6.92. The molecule has 1 N–H and O–H groups in total. The van der Waals surface area contributed by atoms with Crippen LogP contribution in [0.1, 0.15) is 10.5 Å². The maximum Gasteiger partial charge on any atom is 0.406 e. The van der Waals surface area contributed by atoms with Crippen LogP contribution < -0.4 is 0 Å². The Morgan fingerprint density at radius 3 is 2.70 bits per heavy atom. The number of halogens is 4. The van der Waals surface area contributed by atoms with E-state index < -0.39 is 31.8 Å². The minimum Gasteiger partial charge on any atom is -0.395 e. The minimum absolute atomic E-state index is 0.141. The third-order valence-corrected chi connectivity index (χ3v) is 2.97. The van der Waals surface area contributed by atoms with E-state index in [2.05, 4.69) is 9.97 Å². The number of carbonyl (C=O) groups is 1. The lowest BCUT2D eigenvalue weighted by Crippen LogP contribution is -2.41. The third-order valence-electron chi connectivity index (χ3n) is 2.13. The summed E-state index contributed by atoms with van der Waals surface area (Å²) in [5, 5.41) is 8.84. The first-order valence-electron chi connectivity index (χ1n) is 5.32. The number of thioether (sulfide) groups is 1. The number of alkyl halides is 3. The average molecular weight is 330 g/mol. The normalized spacial score (nSPS) is 11.5. The molecule has 112 valence electrons. The molecule has 0 aliphatic carbocycles. The van der Waals surface area contributed by atoms with E-state index in [0.717, 1.165) is 18.0 Å². The standard InChI is InChI=1S/C10H11ClF3N3O2S/c1-20-9-15-4-6(11)7(16-9)8(19)17(2-3-18)5-10(12,13)14/h4,18H,2-3,5H2,1H3. The molecule has 1 aromatic heterocycles. The predicted molar refractivity (Wildman–Crippen MR) is 67.9 cm³/mol. The molecular weight excluding hydrogens is 319 g/mol. The van der Waals surface area contributed by atoms with Gasteiger partial charge >= 0.3 is 6.18 Å². The quantitative estimate of drug-likeness (QED) is 0.659. The zero-order chi connectivity index (χ0) is 15.3. The zero-order valence-electron chi connectivity index (χ0n) is 10.3. The third kappa shape index (κ3) is 4.80. The van der Waals surface area contributed by atoms with E-state index in [0.29, 0.717) is 4.90 Å². The van der Waals surface area contributed by atoms with Crippen LogP contribution in [0, 0.1) is 0 Å². The summed E-state index contributed by atoms with van der Waals surface area (Å²) in [6.07, 6.45) is -1.77. The fourth-order valence-corrected chi connectivity index (χ4v) is 1.85. The topological polar surface area (TPSA) is 66.3 Å². The molecule has 0 aliphatic heterocycles. The number of aliphatic hydroxyl groups excluding tert-OH is 1. The van der Waals surface area contributed by atoms with Crippen LogP contribution in [0.25, 0.3) is 0 Å². The molecule has 1 aromatic rings. The molecule has 0 aromatic carbocycles. The molecule has 0 radical (unpaired) electrons. The number of rotatable bonds is 5. The summed E-state index contributed by atoms with van der Waals surface area (Å²) in [6, 6.07) is 0. The molecular formula is C10H11ClF3N3O2S. The minimum atomic E-state index is -4.58. The number of hydrogen-bond acceptors (Lipinski definition) is 5. The Morgan fingerprint density at radius 1 is 1.55 bits per heavy atom. The summed E-state index contributed by atoms with van der Waals surface area (Å²) in [5.74, 6) is -1.00. The number of aromatic nitrogens is 2. The lowest BCUT2D eigenvalue weighted by atomic mass is 10.3. The van der Waals surface area contributed by atoms with E-state index in [-0.39, 0.29) is 15.9 Å². The van der Waals surface area contributed by atoms with E-state index >= 15 is 0 Å². The van der Waals surface area contributed by atoms with Gasteiger partial charge in [-0.05, 0) is 6.26 Å². The lowest BCUT2D eigenvalue weighted by Gasteiger charge is -2.23. The van der Waals surface area contributed by atoms with E-state index in [1.807, 2.05) is 0 Å². The van der Waals surface area contributed by atoms with Crippen molar-refractivity contribution in [2.24, 2.45) is 0 Å². The number of carbonyl (C=O) groups excluding carboxylic acids is 1. The number of amides is 1. The van der Waals surface area contributed by atoms with Crippen molar-refractivity contribution in [3.63, 3.8) is 0 Å². The van der Waals surface area contributed by atoms with Crippen molar-refractivity contribution in [1.29, 1.82) is 0 Å². The van der Waals surface area contributed by atoms with E-state index in [4.69, 9.17) is 16.7 Å². The van der Waals surface area contributed by atoms with Crippen LogP contribution in [-0.4, -0.2) is 58.0 Å². The Hall–Kier alpha value is -1.06. The SMILES string of the molecule is CSc1ncc(Cl)c(C(=O)N(CCO)CC(F)(F)F)n1. The van der Waals surface area contributed by atoms with Gasteiger partial charge in [0.05, 0.1) is 17.8 Å². The van der Waals surface area contributed by atoms with Crippen molar-refractivity contribution in [3.8, 4) is 0 Å². The highest BCUT2D eigenvalue weighted by Gasteiger charge is 2.34. The molecule has 0 fully saturated rings. The molecule has 0 unspecified atom stereocenters. The van der Waals surface area contributed by atoms with Crippen LogP contribution in [0.15, 0.2) is 11.4 Å². The molecule has 0 spiro atoms. The van der Waals surface area contributed by atoms with Gasteiger partial charge in [0.1, 0.15) is 6.54 Å². The van der Waals surface area contributed by atoms with Crippen LogP contribution in [0.3, 0.4) is 0 Å². The van der Waals surface area contributed by atoms with Gasteiger partial charge in [0.15, 0.2) is 10.9 Å². The molecule has 10 heteroatoms. The van der Waals surface area contributed by atoms with Crippen LogP contribution in [0.4, 0.5) is 13.2 Å².